The first-order chi connectivity index (χ1) is 17.1. The van der Waals surface area contributed by atoms with Gasteiger partial charge in [0.15, 0.2) is 0 Å². The molecule has 3 heterocycles. The van der Waals surface area contributed by atoms with Crippen molar-refractivity contribution in [1.29, 1.82) is 0 Å². The molecule has 2 N–H and O–H groups in total. The maximum atomic E-state index is 12.9. The predicted octanol–water partition coefficient (Wildman–Crippen LogP) is 1.72. The molecule has 0 spiro atoms. The highest BCUT2D eigenvalue weighted by molar-refractivity contribution is 5.95. The molecule has 1 atom stereocenters. The van der Waals surface area contributed by atoms with Crippen molar-refractivity contribution >= 4 is 23.0 Å². The Kier molecular flexibility index (Phi) is 7.53. The molecular formula is C27H37N5O3. The largest absolute Gasteiger partial charge is 0.387 e. The van der Waals surface area contributed by atoms with Crippen molar-refractivity contribution in [3.8, 4) is 0 Å². The SMILES string of the molecule is O=C(CN1CC[C@](O)(CN2CCN(c3ccccc3)CC2)C1)Nc1ccccc1N1CCOCC1. The zero-order valence-corrected chi connectivity index (χ0v) is 20.4. The summed E-state index contributed by atoms with van der Waals surface area (Å²) >= 11 is 0. The van der Waals surface area contributed by atoms with Gasteiger partial charge in [0.2, 0.25) is 5.91 Å². The number of carbonyl (C=O) groups is 1. The van der Waals surface area contributed by atoms with E-state index in [0.717, 1.165) is 57.2 Å². The molecule has 3 saturated heterocycles. The summed E-state index contributed by atoms with van der Waals surface area (Å²) in [5.74, 6) is -0.0357. The lowest BCUT2D eigenvalue weighted by molar-refractivity contribution is -0.117. The summed E-state index contributed by atoms with van der Waals surface area (Å²) in [4.78, 5) is 22.0. The minimum absolute atomic E-state index is 0.0357. The second-order valence-electron chi connectivity index (χ2n) is 9.95. The molecular weight excluding hydrogens is 442 g/mol. The molecule has 3 fully saturated rings. The smallest absolute Gasteiger partial charge is 0.238 e. The van der Waals surface area contributed by atoms with E-state index < -0.39 is 5.60 Å². The molecule has 35 heavy (non-hydrogen) atoms. The van der Waals surface area contributed by atoms with Gasteiger partial charge in [-0.3, -0.25) is 14.6 Å². The molecule has 1 amide bonds. The highest BCUT2D eigenvalue weighted by Crippen LogP contribution is 2.27. The fraction of sp³-hybridized carbons (Fsp3) is 0.519. The van der Waals surface area contributed by atoms with Gasteiger partial charge in [-0.05, 0) is 30.7 Å². The van der Waals surface area contributed by atoms with Crippen LogP contribution in [0.5, 0.6) is 0 Å². The van der Waals surface area contributed by atoms with E-state index in [9.17, 15) is 9.90 Å². The van der Waals surface area contributed by atoms with Gasteiger partial charge < -0.3 is 25.0 Å². The van der Waals surface area contributed by atoms with Crippen LogP contribution in [0.1, 0.15) is 6.42 Å². The molecule has 2 aromatic rings. The molecule has 2 aromatic carbocycles. The number of piperazine rings is 1. The van der Waals surface area contributed by atoms with Crippen LogP contribution >= 0.6 is 0 Å². The first kappa shape index (κ1) is 24.1. The van der Waals surface area contributed by atoms with Crippen LogP contribution in [0.15, 0.2) is 54.6 Å². The number of likely N-dealkylation sites (tertiary alicyclic amines) is 1. The highest BCUT2D eigenvalue weighted by Gasteiger charge is 2.38. The number of benzene rings is 2. The van der Waals surface area contributed by atoms with E-state index in [0.29, 0.717) is 39.3 Å². The number of morpholine rings is 1. The number of nitrogens with zero attached hydrogens (tertiary/aromatic N) is 4. The van der Waals surface area contributed by atoms with Crippen molar-refractivity contribution in [3.05, 3.63) is 54.6 Å². The Morgan fingerprint density at radius 2 is 1.57 bits per heavy atom. The summed E-state index contributed by atoms with van der Waals surface area (Å²) in [6.45, 7) is 9.09. The molecule has 0 radical (unpaired) electrons. The molecule has 188 valence electrons. The number of anilines is 3. The predicted molar refractivity (Wildman–Crippen MR) is 139 cm³/mol. The van der Waals surface area contributed by atoms with E-state index in [1.165, 1.54) is 5.69 Å². The summed E-state index contributed by atoms with van der Waals surface area (Å²) in [5.41, 5.74) is 2.38. The molecule has 0 bridgehead atoms. The van der Waals surface area contributed by atoms with E-state index >= 15 is 0 Å². The van der Waals surface area contributed by atoms with Gasteiger partial charge in [0.25, 0.3) is 0 Å². The fourth-order valence-electron chi connectivity index (χ4n) is 5.48. The third kappa shape index (κ3) is 6.13. The lowest BCUT2D eigenvalue weighted by Gasteiger charge is -2.39. The zero-order chi connectivity index (χ0) is 24.1. The molecule has 5 rings (SSSR count). The molecule has 8 heteroatoms. The third-order valence-corrected chi connectivity index (χ3v) is 7.32. The Morgan fingerprint density at radius 3 is 2.34 bits per heavy atom. The average molecular weight is 480 g/mol. The van der Waals surface area contributed by atoms with E-state index in [1.54, 1.807) is 0 Å². The van der Waals surface area contributed by atoms with Crippen LogP contribution in [0.3, 0.4) is 0 Å². The van der Waals surface area contributed by atoms with Crippen molar-refractivity contribution < 1.29 is 14.6 Å². The van der Waals surface area contributed by atoms with Gasteiger partial charge >= 0.3 is 0 Å². The Labute approximate surface area is 208 Å². The number of nitrogens with one attached hydrogen (secondary N) is 1. The van der Waals surface area contributed by atoms with Crippen LogP contribution in [0, 0.1) is 0 Å². The van der Waals surface area contributed by atoms with Crippen LogP contribution < -0.4 is 15.1 Å². The first-order valence-corrected chi connectivity index (χ1v) is 12.8. The Bertz CT molecular complexity index is 976. The van der Waals surface area contributed by atoms with Crippen molar-refractivity contribution in [3.63, 3.8) is 0 Å². The van der Waals surface area contributed by atoms with Gasteiger partial charge in [-0.25, -0.2) is 0 Å². The molecule has 0 aliphatic carbocycles. The lowest BCUT2D eigenvalue weighted by Crippen LogP contribution is -2.53. The average Bonchev–Trinajstić information content (AvgIpc) is 3.25. The topological polar surface area (TPSA) is 71.5 Å². The number of hydrogen-bond acceptors (Lipinski definition) is 7. The van der Waals surface area contributed by atoms with E-state index in [-0.39, 0.29) is 5.91 Å². The van der Waals surface area contributed by atoms with Crippen molar-refractivity contribution in [2.75, 3.05) is 93.8 Å². The van der Waals surface area contributed by atoms with Gasteiger partial charge in [0, 0.05) is 64.6 Å². The van der Waals surface area contributed by atoms with Crippen molar-refractivity contribution in [2.45, 2.75) is 12.0 Å². The minimum Gasteiger partial charge on any atom is -0.387 e. The highest BCUT2D eigenvalue weighted by atomic mass is 16.5. The number of aliphatic hydroxyl groups is 1. The Hall–Kier alpha value is -2.65. The lowest BCUT2D eigenvalue weighted by atomic mass is 10.0. The quantitative estimate of drug-likeness (QED) is 0.627. The summed E-state index contributed by atoms with van der Waals surface area (Å²) in [6.07, 6.45) is 0.698. The Morgan fingerprint density at radius 1 is 0.857 bits per heavy atom. The molecule has 3 aliphatic heterocycles. The molecule has 0 unspecified atom stereocenters. The van der Waals surface area contributed by atoms with Gasteiger partial charge in [0.05, 0.1) is 36.7 Å². The van der Waals surface area contributed by atoms with Gasteiger partial charge in [0.1, 0.15) is 0 Å². The first-order valence-electron chi connectivity index (χ1n) is 12.8. The zero-order valence-electron chi connectivity index (χ0n) is 20.4. The van der Waals surface area contributed by atoms with Crippen molar-refractivity contribution in [1.82, 2.24) is 9.80 Å². The standard InChI is InChI=1S/C27H37N5O3/c33-26(28-24-8-4-5-9-25(24)32-16-18-35-19-17-32)20-30-11-10-27(34,22-30)21-29-12-14-31(15-13-29)23-6-2-1-3-7-23/h1-9,34H,10-22H2,(H,28,33)/t27-/m0/s1. The maximum absolute atomic E-state index is 12.9. The number of ether oxygens (including phenoxy) is 1. The molecule has 3 aliphatic rings. The maximum Gasteiger partial charge on any atom is 0.238 e. The monoisotopic (exact) mass is 479 g/mol. The molecule has 0 aromatic heterocycles. The van der Waals surface area contributed by atoms with Gasteiger partial charge in [-0.1, -0.05) is 30.3 Å². The van der Waals surface area contributed by atoms with E-state index in [1.807, 2.05) is 30.3 Å². The van der Waals surface area contributed by atoms with E-state index in [4.69, 9.17) is 4.74 Å². The minimum atomic E-state index is -0.763. The number of carbonyl (C=O) groups excluding carboxylic acids is 1. The number of rotatable bonds is 7. The number of β-amino-alcohol motifs (C(OH)–C–C–N with tert-alkyl or cyclic N) is 1. The number of para-hydroxylation sites is 3. The van der Waals surface area contributed by atoms with Gasteiger partial charge in [-0.15, -0.1) is 0 Å². The number of hydrogen-bond donors (Lipinski definition) is 2. The van der Waals surface area contributed by atoms with E-state index in [2.05, 4.69) is 49.2 Å². The summed E-state index contributed by atoms with van der Waals surface area (Å²) in [7, 11) is 0. The van der Waals surface area contributed by atoms with Gasteiger partial charge in [-0.2, -0.15) is 0 Å². The second kappa shape index (κ2) is 11.0. The summed E-state index contributed by atoms with van der Waals surface area (Å²) in [5, 5.41) is 14.4. The number of amides is 1. The van der Waals surface area contributed by atoms with Crippen molar-refractivity contribution in [2.24, 2.45) is 0 Å². The summed E-state index contributed by atoms with van der Waals surface area (Å²) in [6, 6.07) is 18.5. The molecule has 0 saturated carbocycles. The van der Waals surface area contributed by atoms with Crippen LogP contribution in [-0.2, 0) is 9.53 Å². The van der Waals surface area contributed by atoms with Crippen LogP contribution in [-0.4, -0.2) is 105 Å². The van der Waals surface area contributed by atoms with Crippen LogP contribution in [0.2, 0.25) is 0 Å². The normalized spacial score (nSPS) is 24.0. The van der Waals surface area contributed by atoms with Crippen LogP contribution in [0.4, 0.5) is 17.1 Å². The summed E-state index contributed by atoms with van der Waals surface area (Å²) < 4.78 is 5.47. The Balaban J connectivity index is 1.10. The fourth-order valence-corrected chi connectivity index (χ4v) is 5.48. The second-order valence-corrected chi connectivity index (χ2v) is 9.95. The van der Waals surface area contributed by atoms with Crippen LogP contribution in [0.25, 0.3) is 0 Å². The molecule has 8 nitrogen and oxygen atoms in total. The third-order valence-electron chi connectivity index (χ3n) is 7.32.